The molecule has 1 aromatic carbocycles. The van der Waals surface area contributed by atoms with Gasteiger partial charge in [0, 0.05) is 10.7 Å². The third-order valence-electron chi connectivity index (χ3n) is 4.62. The second kappa shape index (κ2) is 7.76. The second-order valence-corrected chi connectivity index (χ2v) is 8.21. The average molecular weight is 388 g/mol. The fourth-order valence-electron chi connectivity index (χ4n) is 3.21. The molecule has 1 aromatic rings. The molecule has 0 saturated carbocycles. The van der Waals surface area contributed by atoms with Gasteiger partial charge in [-0.1, -0.05) is 26.0 Å². The van der Waals surface area contributed by atoms with E-state index in [1.807, 2.05) is 0 Å². The maximum Gasteiger partial charge on any atom is 0.445 e. The number of carbonyl (C=O) groups excluding carboxylic acids is 2. The van der Waals surface area contributed by atoms with E-state index in [9.17, 15) is 14.0 Å². The summed E-state index contributed by atoms with van der Waals surface area (Å²) in [5.74, 6) is 0.397. The molecule has 0 saturated heterocycles. The first-order chi connectivity index (χ1) is 12.8. The van der Waals surface area contributed by atoms with Crippen LogP contribution in [0.4, 0.5) is 9.18 Å². The number of urea groups is 1. The third-order valence-corrected chi connectivity index (χ3v) is 5.91. The highest BCUT2D eigenvalue weighted by Crippen LogP contribution is 2.38. The maximum atomic E-state index is 13.2. The van der Waals surface area contributed by atoms with Crippen LogP contribution >= 0.6 is 11.8 Å². The zero-order chi connectivity index (χ0) is 19.7. The number of aliphatic imine (C=N–C) groups is 1. The lowest BCUT2D eigenvalue weighted by molar-refractivity contribution is -0.407. The van der Waals surface area contributed by atoms with Gasteiger partial charge in [0.1, 0.15) is 12.0 Å². The number of amidine groups is 1. The Kier molecular flexibility index (Phi) is 5.60. The number of hydrogen-bond donors (Lipinski definition) is 0. The number of hydrogen-bond acceptors (Lipinski definition) is 4. The van der Waals surface area contributed by atoms with Gasteiger partial charge in [0.15, 0.2) is 5.92 Å². The molecule has 2 aliphatic heterocycles. The highest BCUT2D eigenvalue weighted by molar-refractivity contribution is 8.02. The first-order valence-corrected chi connectivity index (χ1v) is 9.84. The Morgan fingerprint density at radius 2 is 1.93 bits per heavy atom. The fraction of sp³-hybridized carbons (Fsp3) is 0.400. The largest absolute Gasteiger partial charge is 0.445 e. The van der Waals surface area contributed by atoms with E-state index in [1.165, 1.54) is 23.8 Å². The lowest BCUT2D eigenvalue weighted by Gasteiger charge is -2.28. The average Bonchev–Trinajstić information content (AvgIpc) is 2.64. The van der Waals surface area contributed by atoms with Crippen LogP contribution in [0.15, 0.2) is 39.7 Å². The minimum atomic E-state index is -0.568. The summed E-state index contributed by atoms with van der Waals surface area (Å²) in [5.41, 5.74) is 2.00. The van der Waals surface area contributed by atoms with Gasteiger partial charge in [0.2, 0.25) is 0 Å². The molecule has 0 spiro atoms. The first-order valence-electron chi connectivity index (χ1n) is 8.86. The number of halogens is 1. The summed E-state index contributed by atoms with van der Waals surface area (Å²) >= 11 is 1.56. The minimum Gasteiger partial charge on any atom is -0.255 e. The number of imide groups is 1. The Bertz CT molecular complexity index is 872. The van der Waals surface area contributed by atoms with E-state index in [1.54, 1.807) is 37.2 Å². The van der Waals surface area contributed by atoms with E-state index >= 15 is 0 Å². The molecule has 2 aliphatic rings. The third kappa shape index (κ3) is 3.88. The summed E-state index contributed by atoms with van der Waals surface area (Å²) in [6.45, 7) is 4.24. The Morgan fingerprint density at radius 1 is 1.26 bits per heavy atom. The molecule has 0 fully saturated rings. The monoisotopic (exact) mass is 388 g/mol. The molecule has 3 rings (SSSR count). The number of nitrogens with zero attached hydrogens (tertiary/aromatic N) is 3. The predicted octanol–water partition coefficient (Wildman–Crippen LogP) is 3.69. The molecule has 0 N–H and O–H groups in total. The second-order valence-electron chi connectivity index (χ2n) is 7.19. The van der Waals surface area contributed by atoms with Crippen molar-refractivity contribution in [2.24, 2.45) is 16.8 Å². The summed E-state index contributed by atoms with van der Waals surface area (Å²) in [7, 11) is 3.14. The number of allylic oxidation sites excluding steroid dienone is 1. The first kappa shape index (κ1) is 19.5. The molecule has 0 aromatic heterocycles. The van der Waals surface area contributed by atoms with Gasteiger partial charge in [-0.3, -0.25) is 4.79 Å². The number of dihydropyridines is 1. The number of benzene rings is 1. The standard InChI is InChI=1S/C20H23FN3O2S/c1-12(2)9-14-10-22-18-16(19(25)24(4)20(26)23(18)3)17(14)27-11-13-5-7-15(21)8-6-13/h5-8,10,12,16H,9,11H2,1-4H3/q+1. The highest BCUT2D eigenvalue weighted by atomic mass is 32.2. The topological polar surface area (TPSA) is 52.8 Å². The van der Waals surface area contributed by atoms with Crippen LogP contribution in [0, 0.1) is 17.7 Å². The molecule has 27 heavy (non-hydrogen) atoms. The van der Waals surface area contributed by atoms with Crippen molar-refractivity contribution < 1.29 is 18.6 Å². The number of fused-ring (bicyclic) bond motifs is 1. The smallest absolute Gasteiger partial charge is 0.255 e. The van der Waals surface area contributed by atoms with Crippen LogP contribution in [-0.4, -0.2) is 47.6 Å². The van der Waals surface area contributed by atoms with Crippen molar-refractivity contribution in [3.05, 3.63) is 46.1 Å². The number of rotatable bonds is 5. The van der Waals surface area contributed by atoms with Gasteiger partial charge < -0.3 is 0 Å². The van der Waals surface area contributed by atoms with Crippen molar-refractivity contribution >= 4 is 35.8 Å². The van der Waals surface area contributed by atoms with Crippen LogP contribution in [0.25, 0.3) is 0 Å². The summed E-state index contributed by atoms with van der Waals surface area (Å²) in [6.07, 6.45) is 2.58. The van der Waals surface area contributed by atoms with E-state index in [0.29, 0.717) is 17.5 Å². The highest BCUT2D eigenvalue weighted by Gasteiger charge is 2.48. The van der Waals surface area contributed by atoms with Gasteiger partial charge in [-0.2, -0.15) is 9.48 Å². The summed E-state index contributed by atoms with van der Waals surface area (Å²) in [4.78, 5) is 31.7. The minimum absolute atomic E-state index is 0.257. The maximum absolute atomic E-state index is 13.2. The molecule has 0 radical (unpaired) electrons. The molecule has 0 bridgehead atoms. The van der Waals surface area contributed by atoms with Gasteiger partial charge in [-0.15, -0.1) is 16.8 Å². The van der Waals surface area contributed by atoms with Gasteiger partial charge in [-0.25, -0.2) is 9.18 Å². The number of thioether (sulfide) groups is 1. The Balaban J connectivity index is 1.99. The summed E-state index contributed by atoms with van der Waals surface area (Å²) in [5, 5.41) is 0. The molecule has 2 heterocycles. The Labute approximate surface area is 162 Å². The number of carbonyl (C=O) groups is 2. The van der Waals surface area contributed by atoms with Gasteiger partial charge >= 0.3 is 11.9 Å². The van der Waals surface area contributed by atoms with Crippen molar-refractivity contribution in [1.29, 1.82) is 0 Å². The quantitative estimate of drug-likeness (QED) is 0.723. The van der Waals surface area contributed by atoms with E-state index in [0.717, 1.165) is 27.4 Å². The molecule has 7 heteroatoms. The van der Waals surface area contributed by atoms with Crippen molar-refractivity contribution in [3.8, 4) is 0 Å². The van der Waals surface area contributed by atoms with Crippen LogP contribution in [0.2, 0.25) is 0 Å². The van der Waals surface area contributed by atoms with Crippen molar-refractivity contribution in [1.82, 2.24) is 4.90 Å². The predicted molar refractivity (Wildman–Crippen MR) is 106 cm³/mol. The van der Waals surface area contributed by atoms with Gasteiger partial charge in [0.25, 0.3) is 5.84 Å². The van der Waals surface area contributed by atoms with E-state index in [4.69, 9.17) is 0 Å². The van der Waals surface area contributed by atoms with Crippen LogP contribution < -0.4 is 0 Å². The van der Waals surface area contributed by atoms with Crippen LogP contribution in [0.5, 0.6) is 0 Å². The van der Waals surface area contributed by atoms with E-state index < -0.39 is 5.92 Å². The normalized spacial score (nSPS) is 20.1. The molecule has 1 atom stereocenters. The molecular formula is C20H23FN3O2S+. The Morgan fingerprint density at radius 3 is 2.56 bits per heavy atom. The van der Waals surface area contributed by atoms with E-state index in [2.05, 4.69) is 18.8 Å². The summed E-state index contributed by atoms with van der Waals surface area (Å²) in [6, 6.07) is 5.99. The van der Waals surface area contributed by atoms with Crippen LogP contribution in [0.3, 0.4) is 0 Å². The SMILES string of the molecule is CC(C)CC1=C(SCc2ccc(F)cc2)C2C(=O)N(C)C(=O)[N+](C)=C2N=C1. The van der Waals surface area contributed by atoms with Crippen LogP contribution in [-0.2, 0) is 10.5 Å². The lowest BCUT2D eigenvalue weighted by atomic mass is 9.94. The Hall–Kier alpha value is -2.28. The van der Waals surface area contributed by atoms with Gasteiger partial charge in [-0.05, 0) is 35.6 Å². The van der Waals surface area contributed by atoms with Gasteiger partial charge in [0.05, 0.1) is 14.1 Å². The lowest BCUT2D eigenvalue weighted by Crippen LogP contribution is -2.52. The molecule has 5 nitrogen and oxygen atoms in total. The molecule has 142 valence electrons. The molecule has 1 unspecified atom stereocenters. The van der Waals surface area contributed by atoms with Crippen molar-refractivity contribution in [2.75, 3.05) is 14.1 Å². The molecule has 0 aliphatic carbocycles. The van der Waals surface area contributed by atoms with Crippen molar-refractivity contribution in [3.63, 3.8) is 0 Å². The number of amides is 3. The zero-order valence-corrected chi connectivity index (χ0v) is 16.7. The van der Waals surface area contributed by atoms with E-state index in [-0.39, 0.29) is 17.8 Å². The fourth-order valence-corrected chi connectivity index (χ4v) is 4.42. The molecular weight excluding hydrogens is 365 g/mol. The molecule has 3 amide bonds. The summed E-state index contributed by atoms with van der Waals surface area (Å²) < 4.78 is 14.6. The van der Waals surface area contributed by atoms with Crippen molar-refractivity contribution in [2.45, 2.75) is 26.0 Å². The zero-order valence-electron chi connectivity index (χ0n) is 15.9. The van der Waals surface area contributed by atoms with Crippen LogP contribution in [0.1, 0.15) is 25.8 Å².